The van der Waals surface area contributed by atoms with E-state index in [0.717, 1.165) is 18.4 Å². The predicted octanol–water partition coefficient (Wildman–Crippen LogP) is 2.93. The van der Waals surface area contributed by atoms with Crippen molar-refractivity contribution in [1.29, 1.82) is 0 Å². The minimum Gasteiger partial charge on any atom is -0.501 e. The summed E-state index contributed by atoms with van der Waals surface area (Å²) in [6.07, 6.45) is 4.06. The lowest BCUT2D eigenvalue weighted by Gasteiger charge is -2.13. The van der Waals surface area contributed by atoms with Crippen LogP contribution in [0.15, 0.2) is 47.1 Å². The molecule has 0 amide bonds. The molecule has 1 unspecified atom stereocenters. The number of hydrogen-bond acceptors (Lipinski definition) is 3. The Morgan fingerprint density at radius 1 is 1.33 bits per heavy atom. The summed E-state index contributed by atoms with van der Waals surface area (Å²) in [4.78, 5) is 0.402. The van der Waals surface area contributed by atoms with Crippen LogP contribution in [0.1, 0.15) is 26.2 Å². The van der Waals surface area contributed by atoms with Gasteiger partial charge in [-0.2, -0.15) is 0 Å². The standard InChI is InChI=1S/C14H18O3S/c1-2-17-11-12-7-6-10-14(12)18(15,16)13-8-4-3-5-9-13/h3-5,8-9,11,14H,2,6-7,10H2,1H3/b12-11-. The molecular formula is C14H18O3S. The first-order valence-corrected chi connectivity index (χ1v) is 7.80. The van der Waals surface area contributed by atoms with Crippen LogP contribution in [-0.4, -0.2) is 20.3 Å². The van der Waals surface area contributed by atoms with Crippen LogP contribution in [0.4, 0.5) is 0 Å². The van der Waals surface area contributed by atoms with Gasteiger partial charge >= 0.3 is 0 Å². The number of ether oxygens (including phenoxy) is 1. The van der Waals surface area contributed by atoms with Crippen LogP contribution in [0.5, 0.6) is 0 Å². The molecule has 1 saturated carbocycles. The Balaban J connectivity index is 2.30. The molecule has 0 N–H and O–H groups in total. The molecule has 1 aliphatic carbocycles. The van der Waals surface area contributed by atoms with Gasteiger partial charge in [-0.25, -0.2) is 8.42 Å². The van der Waals surface area contributed by atoms with E-state index in [2.05, 4.69) is 0 Å². The first-order valence-electron chi connectivity index (χ1n) is 6.25. The number of benzene rings is 1. The van der Waals surface area contributed by atoms with Gasteiger partial charge in [0.05, 0.1) is 23.0 Å². The van der Waals surface area contributed by atoms with Crippen molar-refractivity contribution >= 4 is 9.84 Å². The van der Waals surface area contributed by atoms with E-state index >= 15 is 0 Å². The Bertz CT molecular complexity index is 517. The fourth-order valence-electron chi connectivity index (χ4n) is 2.29. The van der Waals surface area contributed by atoms with Crippen LogP contribution in [-0.2, 0) is 14.6 Å². The van der Waals surface area contributed by atoms with Crippen molar-refractivity contribution in [2.45, 2.75) is 36.3 Å². The van der Waals surface area contributed by atoms with Gasteiger partial charge in [0, 0.05) is 0 Å². The largest absolute Gasteiger partial charge is 0.501 e. The third-order valence-electron chi connectivity index (χ3n) is 3.19. The second-order valence-electron chi connectivity index (χ2n) is 4.39. The van der Waals surface area contributed by atoms with E-state index in [0.29, 0.717) is 17.9 Å². The smallest absolute Gasteiger partial charge is 0.185 e. The SMILES string of the molecule is CCO/C=C1/CCCC1S(=O)(=O)c1ccccc1. The monoisotopic (exact) mass is 266 g/mol. The topological polar surface area (TPSA) is 43.4 Å². The van der Waals surface area contributed by atoms with Gasteiger partial charge in [-0.3, -0.25) is 0 Å². The van der Waals surface area contributed by atoms with Gasteiger partial charge in [0.1, 0.15) is 0 Å². The van der Waals surface area contributed by atoms with E-state index in [9.17, 15) is 8.42 Å². The fraction of sp³-hybridized carbons (Fsp3) is 0.429. The molecule has 1 atom stereocenters. The summed E-state index contributed by atoms with van der Waals surface area (Å²) in [7, 11) is -3.27. The quantitative estimate of drug-likeness (QED) is 0.787. The van der Waals surface area contributed by atoms with Crippen molar-refractivity contribution in [3.8, 4) is 0 Å². The Hall–Kier alpha value is -1.29. The Morgan fingerprint density at radius 3 is 2.72 bits per heavy atom. The molecule has 2 rings (SSSR count). The molecule has 0 aliphatic heterocycles. The lowest BCUT2D eigenvalue weighted by atomic mass is 10.2. The van der Waals surface area contributed by atoms with E-state index < -0.39 is 15.1 Å². The first-order chi connectivity index (χ1) is 8.66. The molecule has 0 aromatic heterocycles. The second kappa shape index (κ2) is 5.57. The zero-order chi connectivity index (χ0) is 13.0. The predicted molar refractivity (Wildman–Crippen MR) is 71.0 cm³/mol. The van der Waals surface area contributed by atoms with E-state index in [1.54, 1.807) is 30.5 Å². The third kappa shape index (κ3) is 2.58. The molecule has 4 heteroatoms. The molecule has 1 aromatic rings. The number of rotatable bonds is 4. The average Bonchev–Trinajstić information content (AvgIpc) is 2.86. The Labute approximate surface area is 108 Å². The lowest BCUT2D eigenvalue weighted by molar-refractivity contribution is 0.265. The van der Waals surface area contributed by atoms with Crippen LogP contribution in [0, 0.1) is 0 Å². The van der Waals surface area contributed by atoms with E-state index in [1.165, 1.54) is 0 Å². The molecule has 0 spiro atoms. The summed E-state index contributed by atoms with van der Waals surface area (Å²) in [5.41, 5.74) is 0.903. The van der Waals surface area contributed by atoms with Crippen LogP contribution in [0.25, 0.3) is 0 Å². The molecule has 0 bridgehead atoms. The summed E-state index contributed by atoms with van der Waals surface area (Å²) in [5.74, 6) is 0. The lowest BCUT2D eigenvalue weighted by Crippen LogP contribution is -2.20. The van der Waals surface area contributed by atoms with Gasteiger partial charge in [0.25, 0.3) is 0 Å². The molecular weight excluding hydrogens is 248 g/mol. The van der Waals surface area contributed by atoms with Crippen molar-refractivity contribution in [2.24, 2.45) is 0 Å². The van der Waals surface area contributed by atoms with Crippen LogP contribution in [0.3, 0.4) is 0 Å². The molecule has 0 heterocycles. The highest BCUT2D eigenvalue weighted by molar-refractivity contribution is 7.92. The molecule has 18 heavy (non-hydrogen) atoms. The maximum Gasteiger partial charge on any atom is 0.185 e. The molecule has 0 saturated heterocycles. The van der Waals surface area contributed by atoms with Crippen LogP contribution in [0.2, 0.25) is 0 Å². The van der Waals surface area contributed by atoms with E-state index in [4.69, 9.17) is 4.74 Å². The molecule has 1 aromatic carbocycles. The average molecular weight is 266 g/mol. The zero-order valence-corrected chi connectivity index (χ0v) is 11.3. The summed E-state index contributed by atoms with van der Waals surface area (Å²) in [6.45, 7) is 2.47. The first kappa shape index (κ1) is 13.1. The van der Waals surface area contributed by atoms with E-state index in [1.807, 2.05) is 13.0 Å². The summed E-state index contributed by atoms with van der Waals surface area (Å²) < 4.78 is 30.3. The van der Waals surface area contributed by atoms with Crippen molar-refractivity contribution in [2.75, 3.05) is 6.61 Å². The second-order valence-corrected chi connectivity index (χ2v) is 6.52. The fourth-order valence-corrected chi connectivity index (χ4v) is 4.21. The number of hydrogen-bond donors (Lipinski definition) is 0. The Kier molecular flexibility index (Phi) is 4.07. The van der Waals surface area contributed by atoms with Gasteiger partial charge in [-0.1, -0.05) is 18.2 Å². The van der Waals surface area contributed by atoms with Crippen molar-refractivity contribution < 1.29 is 13.2 Å². The maximum absolute atomic E-state index is 12.5. The highest BCUT2D eigenvalue weighted by atomic mass is 32.2. The van der Waals surface area contributed by atoms with Gasteiger partial charge < -0.3 is 4.74 Å². The summed E-state index contributed by atoms with van der Waals surface area (Å²) in [6, 6.07) is 8.66. The van der Waals surface area contributed by atoms with Gasteiger partial charge in [0.15, 0.2) is 9.84 Å². The zero-order valence-electron chi connectivity index (χ0n) is 10.5. The normalized spacial score (nSPS) is 22.3. The van der Waals surface area contributed by atoms with Gasteiger partial charge in [-0.15, -0.1) is 0 Å². The summed E-state index contributed by atoms with van der Waals surface area (Å²) in [5, 5.41) is -0.411. The van der Waals surface area contributed by atoms with Gasteiger partial charge in [0.2, 0.25) is 0 Å². The van der Waals surface area contributed by atoms with Gasteiger partial charge in [-0.05, 0) is 43.9 Å². The highest BCUT2D eigenvalue weighted by Gasteiger charge is 2.34. The minimum atomic E-state index is -3.27. The molecule has 3 nitrogen and oxygen atoms in total. The van der Waals surface area contributed by atoms with Crippen LogP contribution >= 0.6 is 0 Å². The molecule has 1 fully saturated rings. The van der Waals surface area contributed by atoms with Crippen molar-refractivity contribution in [1.82, 2.24) is 0 Å². The molecule has 98 valence electrons. The van der Waals surface area contributed by atoms with Crippen molar-refractivity contribution in [3.05, 3.63) is 42.2 Å². The molecule has 0 radical (unpaired) electrons. The third-order valence-corrected chi connectivity index (χ3v) is 5.41. The van der Waals surface area contributed by atoms with Crippen LogP contribution < -0.4 is 0 Å². The van der Waals surface area contributed by atoms with Crippen molar-refractivity contribution in [3.63, 3.8) is 0 Å². The number of sulfone groups is 1. The Morgan fingerprint density at radius 2 is 2.06 bits per heavy atom. The summed E-state index contributed by atoms with van der Waals surface area (Å²) >= 11 is 0. The minimum absolute atomic E-state index is 0.402. The highest BCUT2D eigenvalue weighted by Crippen LogP contribution is 2.34. The van der Waals surface area contributed by atoms with E-state index in [-0.39, 0.29) is 0 Å². The molecule has 1 aliphatic rings. The maximum atomic E-state index is 12.5.